The maximum absolute atomic E-state index is 11.1. The fraction of sp³-hybridized carbons (Fsp3) is 0.643. The van der Waals surface area contributed by atoms with E-state index >= 15 is 0 Å². The van der Waals surface area contributed by atoms with Gasteiger partial charge in [-0.05, 0) is 20.3 Å². The maximum Gasteiger partial charge on any atom is 0.276 e. The Morgan fingerprint density at radius 2 is 2.29 bits per heavy atom. The largest absolute Gasteiger partial charge is 0.377 e. The molecule has 7 nitrogen and oxygen atoms in total. The first-order valence-electron chi connectivity index (χ1n) is 7.20. The molecule has 1 aromatic heterocycles. The molecule has 1 N–H and O–H groups in total. The predicted molar refractivity (Wildman–Crippen MR) is 81.9 cm³/mol. The Morgan fingerprint density at radius 3 is 2.90 bits per heavy atom. The number of aromatic nitrogens is 1. The van der Waals surface area contributed by atoms with Gasteiger partial charge in [0.2, 0.25) is 0 Å². The average Bonchev–Trinajstić information content (AvgIpc) is 2.44. The lowest BCUT2D eigenvalue weighted by molar-refractivity contribution is -0.384. The molecule has 1 aromatic rings. The Kier molecular flexibility index (Phi) is 4.62. The molecule has 1 saturated heterocycles. The first-order valence-corrected chi connectivity index (χ1v) is 7.20. The molecule has 0 radical (unpaired) electrons. The number of nitro groups is 1. The Labute approximate surface area is 124 Å². The molecule has 2 rings (SSSR count). The molecule has 0 unspecified atom stereocenters. The van der Waals surface area contributed by atoms with Gasteiger partial charge in [0.05, 0.1) is 35.8 Å². The van der Waals surface area contributed by atoms with E-state index < -0.39 is 0 Å². The van der Waals surface area contributed by atoms with Gasteiger partial charge in [-0.3, -0.25) is 10.1 Å². The van der Waals surface area contributed by atoms with Crippen molar-refractivity contribution in [3.63, 3.8) is 0 Å². The highest BCUT2D eigenvalue weighted by molar-refractivity contribution is 5.57. The zero-order chi connectivity index (χ0) is 15.5. The van der Waals surface area contributed by atoms with E-state index in [-0.39, 0.29) is 16.1 Å². The normalized spacial score (nSPS) is 17.6. The molecule has 0 atom stereocenters. The second-order valence-corrected chi connectivity index (χ2v) is 5.77. The standard InChI is InChI=1S/C14H22N4O3/c1-4-5-15-12-8-11(18(19)20)9-13(16-12)17-6-7-21-10-14(17,2)3/h8-9H,4-7,10H2,1-3H3,(H,15,16). The molecule has 0 spiro atoms. The van der Waals surface area contributed by atoms with Gasteiger partial charge in [0.25, 0.3) is 5.69 Å². The lowest BCUT2D eigenvalue weighted by atomic mass is 10.0. The van der Waals surface area contributed by atoms with Gasteiger partial charge >= 0.3 is 0 Å². The highest BCUT2D eigenvalue weighted by atomic mass is 16.6. The smallest absolute Gasteiger partial charge is 0.276 e. The van der Waals surface area contributed by atoms with E-state index in [2.05, 4.69) is 15.2 Å². The van der Waals surface area contributed by atoms with Gasteiger partial charge in [-0.25, -0.2) is 4.98 Å². The van der Waals surface area contributed by atoms with Gasteiger partial charge in [-0.1, -0.05) is 6.92 Å². The minimum Gasteiger partial charge on any atom is -0.377 e. The number of ether oxygens (including phenoxy) is 1. The summed E-state index contributed by atoms with van der Waals surface area (Å²) in [4.78, 5) is 17.3. The topological polar surface area (TPSA) is 80.5 Å². The van der Waals surface area contributed by atoms with Crippen LogP contribution in [-0.4, -0.2) is 41.7 Å². The number of hydrogen-bond donors (Lipinski definition) is 1. The van der Waals surface area contributed by atoms with E-state index in [0.717, 1.165) is 13.0 Å². The molecule has 7 heteroatoms. The number of pyridine rings is 1. The third kappa shape index (κ3) is 3.60. The molecule has 0 amide bonds. The zero-order valence-electron chi connectivity index (χ0n) is 12.8. The summed E-state index contributed by atoms with van der Waals surface area (Å²) in [5, 5.41) is 14.3. The van der Waals surface area contributed by atoms with Gasteiger partial charge in [0, 0.05) is 13.1 Å². The van der Waals surface area contributed by atoms with E-state index in [0.29, 0.717) is 31.4 Å². The van der Waals surface area contributed by atoms with Gasteiger partial charge in [0.15, 0.2) is 0 Å². The molecule has 116 valence electrons. The molecule has 0 saturated carbocycles. The van der Waals surface area contributed by atoms with Gasteiger partial charge in [0.1, 0.15) is 11.6 Å². The van der Waals surface area contributed by atoms with Crippen molar-refractivity contribution in [2.24, 2.45) is 0 Å². The SMILES string of the molecule is CCCNc1cc([N+](=O)[O-])cc(N2CCOCC2(C)C)n1. The molecule has 2 heterocycles. The van der Waals surface area contributed by atoms with Crippen LogP contribution in [0.2, 0.25) is 0 Å². The summed E-state index contributed by atoms with van der Waals surface area (Å²) in [6, 6.07) is 3.01. The summed E-state index contributed by atoms with van der Waals surface area (Å²) >= 11 is 0. The van der Waals surface area contributed by atoms with Crippen molar-refractivity contribution in [2.75, 3.05) is 36.5 Å². The number of nitrogens with one attached hydrogen (secondary N) is 1. The molecule has 0 aliphatic carbocycles. The number of nitrogens with zero attached hydrogens (tertiary/aromatic N) is 3. The van der Waals surface area contributed by atoms with Crippen LogP contribution < -0.4 is 10.2 Å². The van der Waals surface area contributed by atoms with Crippen LogP contribution >= 0.6 is 0 Å². The molecular weight excluding hydrogens is 272 g/mol. The lowest BCUT2D eigenvalue weighted by Crippen LogP contribution is -2.53. The Bertz CT molecular complexity index is 519. The fourth-order valence-electron chi connectivity index (χ4n) is 2.37. The summed E-state index contributed by atoms with van der Waals surface area (Å²) in [7, 11) is 0. The quantitative estimate of drug-likeness (QED) is 0.663. The van der Waals surface area contributed by atoms with Crippen LogP contribution in [0.3, 0.4) is 0 Å². The highest BCUT2D eigenvalue weighted by Gasteiger charge is 2.32. The van der Waals surface area contributed by atoms with Crippen LogP contribution in [-0.2, 0) is 4.74 Å². The first-order chi connectivity index (χ1) is 9.94. The number of anilines is 2. The van der Waals surface area contributed by atoms with Crippen LogP contribution in [0.25, 0.3) is 0 Å². The van der Waals surface area contributed by atoms with Crippen molar-refractivity contribution in [3.8, 4) is 0 Å². The summed E-state index contributed by atoms with van der Waals surface area (Å²) in [6.07, 6.45) is 0.933. The number of hydrogen-bond acceptors (Lipinski definition) is 6. The van der Waals surface area contributed by atoms with Crippen LogP contribution in [0.1, 0.15) is 27.2 Å². The monoisotopic (exact) mass is 294 g/mol. The van der Waals surface area contributed by atoms with Crippen molar-refractivity contribution >= 4 is 17.3 Å². The highest BCUT2D eigenvalue weighted by Crippen LogP contribution is 2.29. The Morgan fingerprint density at radius 1 is 1.52 bits per heavy atom. The lowest BCUT2D eigenvalue weighted by Gasteiger charge is -2.42. The second-order valence-electron chi connectivity index (χ2n) is 5.77. The second kappa shape index (κ2) is 6.26. The van der Waals surface area contributed by atoms with E-state index in [9.17, 15) is 10.1 Å². The molecule has 0 bridgehead atoms. The van der Waals surface area contributed by atoms with Gasteiger partial charge in [-0.15, -0.1) is 0 Å². The summed E-state index contributed by atoms with van der Waals surface area (Å²) < 4.78 is 5.49. The minimum absolute atomic E-state index is 0.0564. The van der Waals surface area contributed by atoms with Crippen molar-refractivity contribution in [1.82, 2.24) is 4.98 Å². The first kappa shape index (κ1) is 15.5. The van der Waals surface area contributed by atoms with Crippen LogP contribution in [0.15, 0.2) is 12.1 Å². The van der Waals surface area contributed by atoms with Crippen molar-refractivity contribution in [1.29, 1.82) is 0 Å². The maximum atomic E-state index is 11.1. The fourth-order valence-corrected chi connectivity index (χ4v) is 2.37. The van der Waals surface area contributed by atoms with Crippen LogP contribution in [0.5, 0.6) is 0 Å². The van der Waals surface area contributed by atoms with Gasteiger partial charge < -0.3 is 15.0 Å². The molecule has 0 aromatic carbocycles. The minimum atomic E-state index is -0.379. The van der Waals surface area contributed by atoms with Crippen molar-refractivity contribution < 1.29 is 9.66 Å². The van der Waals surface area contributed by atoms with Crippen LogP contribution in [0.4, 0.5) is 17.3 Å². The van der Waals surface area contributed by atoms with Gasteiger partial charge in [-0.2, -0.15) is 0 Å². The van der Waals surface area contributed by atoms with E-state index in [4.69, 9.17) is 4.74 Å². The third-order valence-corrected chi connectivity index (χ3v) is 3.49. The van der Waals surface area contributed by atoms with Crippen molar-refractivity contribution in [3.05, 3.63) is 22.2 Å². The summed E-state index contributed by atoms with van der Waals surface area (Å²) in [5.41, 5.74) is -0.177. The Hall–Kier alpha value is -1.89. The van der Waals surface area contributed by atoms with E-state index in [1.807, 2.05) is 20.8 Å². The van der Waals surface area contributed by atoms with Crippen LogP contribution in [0, 0.1) is 10.1 Å². The zero-order valence-corrected chi connectivity index (χ0v) is 12.8. The summed E-state index contributed by atoms with van der Waals surface area (Å²) in [5.74, 6) is 1.17. The van der Waals surface area contributed by atoms with E-state index in [1.54, 1.807) is 0 Å². The number of rotatable bonds is 5. The average molecular weight is 294 g/mol. The van der Waals surface area contributed by atoms with Crippen molar-refractivity contribution in [2.45, 2.75) is 32.7 Å². The molecule has 1 fully saturated rings. The third-order valence-electron chi connectivity index (χ3n) is 3.49. The van der Waals surface area contributed by atoms with E-state index in [1.165, 1.54) is 12.1 Å². The molecule has 1 aliphatic rings. The predicted octanol–water partition coefficient (Wildman–Crippen LogP) is 2.43. The number of morpholine rings is 1. The summed E-state index contributed by atoms with van der Waals surface area (Å²) in [6.45, 7) is 8.73. The Balaban J connectivity index is 2.36. The molecular formula is C14H22N4O3. The molecule has 21 heavy (non-hydrogen) atoms. The molecule has 1 aliphatic heterocycles.